The molecule has 0 aliphatic heterocycles. The van der Waals surface area contributed by atoms with Crippen molar-refractivity contribution in [3.05, 3.63) is 29.3 Å². The zero-order valence-electron chi connectivity index (χ0n) is 13.5. The molecule has 0 radical (unpaired) electrons. The maximum Gasteiger partial charge on any atom is 0.119 e. The van der Waals surface area contributed by atoms with Crippen LogP contribution in [0.3, 0.4) is 0 Å². The summed E-state index contributed by atoms with van der Waals surface area (Å²) in [6.07, 6.45) is 6.98. The molecule has 3 aliphatic carbocycles. The van der Waals surface area contributed by atoms with E-state index >= 15 is 0 Å². The zero-order chi connectivity index (χ0) is 15.3. The molecule has 3 aliphatic rings. The van der Waals surface area contributed by atoms with Gasteiger partial charge in [0.2, 0.25) is 0 Å². The minimum atomic E-state index is 0.139. The summed E-state index contributed by atoms with van der Waals surface area (Å²) in [6, 6.07) is 6.64. The Morgan fingerprint density at radius 1 is 1.23 bits per heavy atom. The minimum absolute atomic E-state index is 0.139. The Hall–Kier alpha value is -1.51. The maximum absolute atomic E-state index is 9.36. The van der Waals surface area contributed by atoms with Crippen molar-refractivity contribution < 1.29 is 9.94 Å². The predicted octanol–water partition coefficient (Wildman–Crippen LogP) is 4.38. The van der Waals surface area contributed by atoms with Crippen LogP contribution in [-0.4, -0.2) is 18.0 Å². The highest BCUT2D eigenvalue weighted by Crippen LogP contribution is 2.59. The molecule has 2 saturated carbocycles. The van der Waals surface area contributed by atoms with Gasteiger partial charge in [-0.3, -0.25) is 0 Å². The van der Waals surface area contributed by atoms with Crippen LogP contribution in [0.2, 0.25) is 0 Å². The summed E-state index contributed by atoms with van der Waals surface area (Å²) in [5, 5.41) is 13.0. The number of hydrogen-bond donors (Lipinski definition) is 1. The molecular weight excluding hydrogens is 274 g/mol. The third kappa shape index (κ3) is 1.84. The predicted molar refractivity (Wildman–Crippen MR) is 86.8 cm³/mol. The van der Waals surface area contributed by atoms with E-state index in [1.807, 2.05) is 0 Å². The number of rotatable bonds is 1. The van der Waals surface area contributed by atoms with Gasteiger partial charge >= 0.3 is 0 Å². The van der Waals surface area contributed by atoms with Crippen molar-refractivity contribution in [3.63, 3.8) is 0 Å². The van der Waals surface area contributed by atoms with Gasteiger partial charge in [0, 0.05) is 5.41 Å². The largest absolute Gasteiger partial charge is 0.497 e. The van der Waals surface area contributed by atoms with Crippen molar-refractivity contribution in [1.82, 2.24) is 0 Å². The molecule has 3 nitrogen and oxygen atoms in total. The van der Waals surface area contributed by atoms with E-state index in [1.54, 1.807) is 12.7 Å². The Bertz CT molecular complexity index is 624. The first-order chi connectivity index (χ1) is 10.7. The molecule has 0 unspecified atom stereocenters. The lowest BCUT2D eigenvalue weighted by Crippen LogP contribution is -2.42. The molecule has 0 saturated heterocycles. The Morgan fingerprint density at radius 3 is 2.86 bits per heavy atom. The lowest BCUT2D eigenvalue weighted by molar-refractivity contribution is 0.0938. The second-order valence-corrected chi connectivity index (χ2v) is 7.52. The molecule has 4 rings (SSSR count). The van der Waals surface area contributed by atoms with Gasteiger partial charge in [-0.05, 0) is 79.5 Å². The number of fused-ring (bicyclic) bond motifs is 5. The smallest absolute Gasteiger partial charge is 0.119 e. The highest BCUT2D eigenvalue weighted by molar-refractivity contribution is 5.92. The van der Waals surface area contributed by atoms with Gasteiger partial charge in [-0.2, -0.15) is 0 Å². The summed E-state index contributed by atoms with van der Waals surface area (Å²) in [7, 11) is 1.74. The van der Waals surface area contributed by atoms with Gasteiger partial charge in [0.05, 0.1) is 12.8 Å². The number of benzene rings is 1. The first-order valence-corrected chi connectivity index (χ1v) is 8.55. The summed E-state index contributed by atoms with van der Waals surface area (Å²) in [6.45, 7) is 2.33. The fourth-order valence-corrected chi connectivity index (χ4v) is 5.64. The number of nitrogens with zero attached hydrogens (tertiary/aromatic N) is 1. The topological polar surface area (TPSA) is 41.8 Å². The van der Waals surface area contributed by atoms with Crippen LogP contribution < -0.4 is 4.74 Å². The van der Waals surface area contributed by atoms with E-state index in [1.165, 1.54) is 24.8 Å². The van der Waals surface area contributed by atoms with Crippen LogP contribution in [0.25, 0.3) is 0 Å². The molecule has 3 heteroatoms. The van der Waals surface area contributed by atoms with Gasteiger partial charge in [-0.1, -0.05) is 18.1 Å². The van der Waals surface area contributed by atoms with Crippen molar-refractivity contribution in [1.29, 1.82) is 0 Å². The van der Waals surface area contributed by atoms with Gasteiger partial charge in [-0.25, -0.2) is 0 Å². The molecule has 2 fully saturated rings. The molecule has 4 atom stereocenters. The summed E-state index contributed by atoms with van der Waals surface area (Å²) in [4.78, 5) is 0. The molecule has 22 heavy (non-hydrogen) atoms. The molecule has 1 aromatic rings. The third-order valence-corrected chi connectivity index (χ3v) is 6.80. The normalized spacial score (nSPS) is 38.3. The molecule has 118 valence electrons. The first-order valence-electron chi connectivity index (χ1n) is 8.55. The van der Waals surface area contributed by atoms with Crippen LogP contribution in [0.4, 0.5) is 0 Å². The quantitative estimate of drug-likeness (QED) is 0.617. The molecule has 0 aromatic heterocycles. The molecule has 0 heterocycles. The summed E-state index contributed by atoms with van der Waals surface area (Å²) >= 11 is 0. The van der Waals surface area contributed by atoms with E-state index in [0.717, 1.165) is 36.6 Å². The van der Waals surface area contributed by atoms with Crippen molar-refractivity contribution >= 4 is 5.71 Å². The van der Waals surface area contributed by atoms with E-state index in [9.17, 15) is 5.21 Å². The molecule has 1 aromatic carbocycles. The molecular formula is C19H25NO2. The van der Waals surface area contributed by atoms with E-state index in [-0.39, 0.29) is 5.41 Å². The van der Waals surface area contributed by atoms with E-state index in [4.69, 9.17) is 4.74 Å². The zero-order valence-corrected chi connectivity index (χ0v) is 13.5. The second kappa shape index (κ2) is 5.00. The standard InChI is InChI=1S/C19H25NO2/c1-19-10-9-15-14-6-4-13(22-2)11-12(14)3-5-16(15)17(19)7-8-18(19)20-21/h4,6,11,15-17,21H,3,5,7-10H2,1-2H3/b20-18+/t15-,16-,17-,19+/m1/s1. The minimum Gasteiger partial charge on any atom is -0.497 e. The lowest BCUT2D eigenvalue weighted by Gasteiger charge is -2.48. The molecule has 1 N–H and O–H groups in total. The van der Waals surface area contributed by atoms with E-state index in [0.29, 0.717) is 11.8 Å². The second-order valence-electron chi connectivity index (χ2n) is 7.52. The fraction of sp³-hybridized carbons (Fsp3) is 0.632. The van der Waals surface area contributed by atoms with Crippen LogP contribution in [0.15, 0.2) is 23.4 Å². The number of oxime groups is 1. The van der Waals surface area contributed by atoms with Crippen LogP contribution in [0, 0.1) is 17.3 Å². The highest BCUT2D eigenvalue weighted by atomic mass is 16.5. The third-order valence-electron chi connectivity index (χ3n) is 6.80. The van der Waals surface area contributed by atoms with Crippen LogP contribution >= 0.6 is 0 Å². The first kappa shape index (κ1) is 14.1. The van der Waals surface area contributed by atoms with E-state index < -0.39 is 0 Å². The molecule has 0 spiro atoms. The fourth-order valence-electron chi connectivity index (χ4n) is 5.64. The van der Waals surface area contributed by atoms with Crippen molar-refractivity contribution in [2.24, 2.45) is 22.4 Å². The average molecular weight is 299 g/mol. The van der Waals surface area contributed by atoms with Gasteiger partial charge in [0.15, 0.2) is 0 Å². The summed E-state index contributed by atoms with van der Waals surface area (Å²) in [5.41, 5.74) is 4.23. The number of ether oxygens (including phenoxy) is 1. The Balaban J connectivity index is 1.69. The van der Waals surface area contributed by atoms with Crippen molar-refractivity contribution in [3.8, 4) is 5.75 Å². The van der Waals surface area contributed by atoms with Gasteiger partial charge < -0.3 is 9.94 Å². The van der Waals surface area contributed by atoms with Crippen LogP contribution in [0.1, 0.15) is 56.1 Å². The van der Waals surface area contributed by atoms with Gasteiger partial charge in [-0.15, -0.1) is 0 Å². The van der Waals surface area contributed by atoms with Crippen molar-refractivity contribution in [2.45, 2.75) is 51.4 Å². The number of hydrogen-bond acceptors (Lipinski definition) is 3. The Kier molecular flexibility index (Phi) is 3.21. The highest BCUT2D eigenvalue weighted by Gasteiger charge is 2.53. The molecule has 0 bridgehead atoms. The summed E-state index contributed by atoms with van der Waals surface area (Å²) < 4.78 is 5.39. The van der Waals surface area contributed by atoms with Crippen LogP contribution in [0.5, 0.6) is 5.75 Å². The average Bonchev–Trinajstić information content (AvgIpc) is 2.90. The van der Waals surface area contributed by atoms with E-state index in [2.05, 4.69) is 30.3 Å². The van der Waals surface area contributed by atoms with Crippen molar-refractivity contribution in [2.75, 3.05) is 7.11 Å². The van der Waals surface area contributed by atoms with Crippen LogP contribution in [-0.2, 0) is 6.42 Å². The van der Waals surface area contributed by atoms with Gasteiger partial charge in [0.1, 0.15) is 5.75 Å². The SMILES string of the molecule is COc1ccc2c(c1)CC[C@@H]1[C@@H]2CC[C@]2(C)/C(=N/O)CC[C@H]12. The number of methoxy groups -OCH3 is 1. The molecule has 0 amide bonds. The Labute approximate surface area is 132 Å². The lowest BCUT2D eigenvalue weighted by atomic mass is 9.55. The van der Waals surface area contributed by atoms with Gasteiger partial charge in [0.25, 0.3) is 0 Å². The Morgan fingerprint density at radius 2 is 2.09 bits per heavy atom. The monoisotopic (exact) mass is 299 g/mol. The summed E-state index contributed by atoms with van der Waals surface area (Å²) in [5.74, 6) is 3.10. The maximum atomic E-state index is 9.36. The number of aryl methyl sites for hydroxylation is 1.